The van der Waals surface area contributed by atoms with Crippen molar-refractivity contribution in [2.45, 2.75) is 200 Å². The quantitative estimate of drug-likeness (QED) is 0.0632. The molecule has 3 rings (SSSR count). The Morgan fingerprint density at radius 1 is 0.558 bits per heavy atom. The van der Waals surface area contributed by atoms with E-state index in [2.05, 4.69) is 84.5 Å². The molecule has 0 spiro atoms. The van der Waals surface area contributed by atoms with Crippen molar-refractivity contribution in [1.29, 1.82) is 0 Å². The van der Waals surface area contributed by atoms with Crippen molar-refractivity contribution >= 4 is 33.6 Å². The zero-order valence-corrected chi connectivity index (χ0v) is 33.8. The number of nitrogens with one attached hydrogen (secondary N) is 2. The van der Waals surface area contributed by atoms with Gasteiger partial charge in [-0.15, -0.1) is 0 Å². The lowest BCUT2D eigenvalue weighted by Crippen LogP contribution is -2.50. The van der Waals surface area contributed by atoms with E-state index in [0.717, 1.165) is 32.2 Å². The molecule has 0 unspecified atom stereocenters. The summed E-state index contributed by atoms with van der Waals surface area (Å²) in [5, 5.41) is 8.91. The van der Waals surface area contributed by atoms with Gasteiger partial charge in [0.15, 0.2) is 0 Å². The molecule has 5 heteroatoms. The molecule has 5 nitrogen and oxygen atoms in total. The molecule has 2 aromatic carbocycles. The minimum absolute atomic E-state index is 0.0122. The van der Waals surface area contributed by atoms with Gasteiger partial charge in [-0.3, -0.25) is 9.59 Å². The first-order valence-electron chi connectivity index (χ1n) is 22.1. The SMILES string of the molecule is CCCCCCCCCCCCCCCCCCNC(=O)[C@@H](NC(=O)CCCCCCCCCCn1c2ccccc2c2ccccc21)[C@@H](C)CC. The van der Waals surface area contributed by atoms with Crippen LogP contribution in [0, 0.1) is 5.92 Å². The number of unbranched alkanes of at least 4 members (excludes halogenated alkanes) is 22. The summed E-state index contributed by atoms with van der Waals surface area (Å²) in [6, 6.07) is 17.1. The fourth-order valence-electron chi connectivity index (χ4n) is 7.80. The van der Waals surface area contributed by atoms with E-state index in [1.54, 1.807) is 0 Å². The van der Waals surface area contributed by atoms with E-state index in [0.29, 0.717) is 13.0 Å². The number of amides is 2. The van der Waals surface area contributed by atoms with Crippen LogP contribution in [0.4, 0.5) is 0 Å². The van der Waals surface area contributed by atoms with Crippen LogP contribution in [0.1, 0.15) is 188 Å². The first-order valence-corrected chi connectivity index (χ1v) is 22.1. The number of carbonyl (C=O) groups is 2. The highest BCUT2D eigenvalue weighted by Crippen LogP contribution is 2.29. The Kier molecular flexibility index (Phi) is 23.2. The van der Waals surface area contributed by atoms with E-state index >= 15 is 0 Å². The van der Waals surface area contributed by atoms with Gasteiger partial charge in [0.2, 0.25) is 11.8 Å². The van der Waals surface area contributed by atoms with Gasteiger partial charge in [0, 0.05) is 41.3 Å². The average Bonchev–Trinajstić information content (AvgIpc) is 3.48. The first-order chi connectivity index (χ1) is 25.6. The first kappa shape index (κ1) is 43.6. The number of nitrogens with zero attached hydrogens (tertiary/aromatic N) is 1. The van der Waals surface area contributed by atoms with Gasteiger partial charge in [0.25, 0.3) is 0 Å². The van der Waals surface area contributed by atoms with Gasteiger partial charge in [0.05, 0.1) is 0 Å². The van der Waals surface area contributed by atoms with Crippen molar-refractivity contribution in [1.82, 2.24) is 15.2 Å². The van der Waals surface area contributed by atoms with Gasteiger partial charge < -0.3 is 15.2 Å². The van der Waals surface area contributed by atoms with Crippen molar-refractivity contribution < 1.29 is 9.59 Å². The van der Waals surface area contributed by atoms with Gasteiger partial charge in [-0.05, 0) is 37.3 Å². The predicted molar refractivity (Wildman–Crippen MR) is 225 cm³/mol. The number of aromatic nitrogens is 1. The molecule has 0 radical (unpaired) electrons. The lowest BCUT2D eigenvalue weighted by molar-refractivity contribution is -0.130. The monoisotopic (exact) mass is 716 g/mol. The van der Waals surface area contributed by atoms with E-state index in [1.807, 2.05) is 0 Å². The third-order valence-corrected chi connectivity index (χ3v) is 11.4. The maximum Gasteiger partial charge on any atom is 0.242 e. The van der Waals surface area contributed by atoms with Gasteiger partial charge in [-0.2, -0.15) is 0 Å². The molecular weight excluding hydrogens is 639 g/mol. The second-order valence-corrected chi connectivity index (χ2v) is 15.8. The van der Waals surface area contributed by atoms with E-state index in [9.17, 15) is 9.59 Å². The normalized spacial score (nSPS) is 12.8. The molecule has 0 aliphatic heterocycles. The number of rotatable bonds is 32. The summed E-state index contributed by atoms with van der Waals surface area (Å²) in [7, 11) is 0. The number of hydrogen-bond acceptors (Lipinski definition) is 2. The molecule has 2 N–H and O–H groups in total. The molecule has 0 aliphatic rings. The van der Waals surface area contributed by atoms with Crippen LogP contribution in [0.2, 0.25) is 0 Å². The molecule has 3 aromatic rings. The van der Waals surface area contributed by atoms with Crippen molar-refractivity contribution in [3.8, 4) is 0 Å². The molecule has 1 heterocycles. The van der Waals surface area contributed by atoms with Crippen molar-refractivity contribution in [2.24, 2.45) is 5.92 Å². The average molecular weight is 716 g/mol. The fourth-order valence-corrected chi connectivity index (χ4v) is 7.80. The number of aryl methyl sites for hydroxylation is 1. The molecule has 0 saturated heterocycles. The van der Waals surface area contributed by atoms with Gasteiger partial charge >= 0.3 is 0 Å². The van der Waals surface area contributed by atoms with Crippen LogP contribution in [0.15, 0.2) is 48.5 Å². The Hall–Kier alpha value is -2.82. The second kappa shape index (κ2) is 27.7. The lowest BCUT2D eigenvalue weighted by Gasteiger charge is -2.23. The number of carbonyl (C=O) groups excluding carboxylic acids is 2. The van der Waals surface area contributed by atoms with Crippen molar-refractivity contribution in [3.05, 3.63) is 48.5 Å². The highest BCUT2D eigenvalue weighted by atomic mass is 16.2. The minimum atomic E-state index is -0.430. The smallest absolute Gasteiger partial charge is 0.242 e. The van der Waals surface area contributed by atoms with E-state index < -0.39 is 6.04 Å². The Bertz CT molecular complexity index is 1310. The van der Waals surface area contributed by atoms with Gasteiger partial charge in [-0.1, -0.05) is 198 Å². The molecule has 1 aromatic heterocycles. The molecule has 0 bridgehead atoms. The van der Waals surface area contributed by atoms with Gasteiger partial charge in [0.1, 0.15) is 6.04 Å². The highest BCUT2D eigenvalue weighted by molar-refractivity contribution is 6.07. The van der Waals surface area contributed by atoms with E-state index in [4.69, 9.17) is 0 Å². The summed E-state index contributed by atoms with van der Waals surface area (Å²) in [6.45, 7) is 8.23. The van der Waals surface area contributed by atoms with E-state index in [-0.39, 0.29) is 17.7 Å². The standard InChI is InChI=1S/C47H77N3O2/c1-4-6-7-8-9-10-11-12-13-14-15-16-18-21-24-31-38-48-47(52)46(40(3)5-2)49-45(51)37-26-23-20-17-19-22-25-32-39-50-43-35-29-27-33-41(43)42-34-28-30-36-44(42)50/h27-30,33-36,40,46H,4-26,31-32,37-39H2,1-3H3,(H,48,52)(H,49,51)/t40-,46-/m0/s1. The molecule has 52 heavy (non-hydrogen) atoms. The van der Waals surface area contributed by atoms with Crippen molar-refractivity contribution in [2.75, 3.05) is 6.54 Å². The zero-order chi connectivity index (χ0) is 37.1. The summed E-state index contributed by atoms with van der Waals surface area (Å²) in [6.07, 6.45) is 32.3. The van der Waals surface area contributed by atoms with Crippen LogP contribution in [0.5, 0.6) is 0 Å². The predicted octanol–water partition coefficient (Wildman–Crippen LogP) is 13.2. The maximum absolute atomic E-state index is 13.0. The molecular formula is C47H77N3O2. The molecule has 2 atom stereocenters. The van der Waals surface area contributed by atoms with Gasteiger partial charge in [-0.25, -0.2) is 0 Å². The van der Waals surface area contributed by atoms with Crippen LogP contribution in [-0.2, 0) is 16.1 Å². The van der Waals surface area contributed by atoms with Crippen LogP contribution in [0.3, 0.4) is 0 Å². The number of fused-ring (bicyclic) bond motifs is 3. The largest absolute Gasteiger partial charge is 0.354 e. The summed E-state index contributed by atoms with van der Waals surface area (Å²) >= 11 is 0. The number of benzene rings is 2. The Labute approximate surface area is 318 Å². The van der Waals surface area contributed by atoms with Crippen LogP contribution in [-0.4, -0.2) is 29.0 Å². The Morgan fingerprint density at radius 3 is 1.46 bits per heavy atom. The molecule has 0 saturated carbocycles. The summed E-state index contributed by atoms with van der Waals surface area (Å²) in [4.78, 5) is 25.8. The Morgan fingerprint density at radius 2 is 0.981 bits per heavy atom. The van der Waals surface area contributed by atoms with Crippen molar-refractivity contribution in [3.63, 3.8) is 0 Å². The molecule has 292 valence electrons. The van der Waals surface area contributed by atoms with Crippen LogP contribution in [0.25, 0.3) is 21.8 Å². The topological polar surface area (TPSA) is 63.1 Å². The summed E-state index contributed by atoms with van der Waals surface area (Å²) in [5.41, 5.74) is 2.68. The lowest BCUT2D eigenvalue weighted by atomic mass is 9.97. The van der Waals surface area contributed by atoms with E-state index in [1.165, 1.54) is 157 Å². The van der Waals surface area contributed by atoms with Crippen LogP contribution >= 0.6 is 0 Å². The molecule has 2 amide bonds. The highest BCUT2D eigenvalue weighted by Gasteiger charge is 2.25. The maximum atomic E-state index is 13.0. The molecule has 0 aliphatic carbocycles. The molecule has 0 fully saturated rings. The minimum Gasteiger partial charge on any atom is -0.354 e. The van der Waals surface area contributed by atoms with Crippen LogP contribution < -0.4 is 10.6 Å². The third kappa shape index (κ3) is 16.9. The third-order valence-electron chi connectivity index (χ3n) is 11.4. The zero-order valence-electron chi connectivity index (χ0n) is 33.8. The summed E-state index contributed by atoms with van der Waals surface area (Å²) in [5.74, 6) is 0.138. The Balaban J connectivity index is 1.15. The number of hydrogen-bond donors (Lipinski definition) is 2. The number of para-hydroxylation sites is 2. The summed E-state index contributed by atoms with van der Waals surface area (Å²) < 4.78 is 2.49. The second-order valence-electron chi connectivity index (χ2n) is 15.8. The fraction of sp³-hybridized carbons (Fsp3) is 0.702.